The lowest BCUT2D eigenvalue weighted by atomic mass is 10.1. The summed E-state index contributed by atoms with van der Waals surface area (Å²) in [7, 11) is 3.11. The first-order chi connectivity index (χ1) is 7.97. The summed E-state index contributed by atoms with van der Waals surface area (Å²) in [6.07, 6.45) is 0. The molecule has 1 heterocycles. The standard InChI is InChI=1S/C12H12FNO3/c1-6-11(12(15)16)7-4-8(13)10(17-3)5-9(7)14(6)2/h4-5H,1-3H3,(H,15,16). The third kappa shape index (κ3) is 1.54. The number of aryl methyl sites for hydroxylation is 1. The van der Waals surface area contributed by atoms with E-state index in [9.17, 15) is 9.18 Å². The molecule has 2 rings (SSSR count). The smallest absolute Gasteiger partial charge is 0.338 e. The Morgan fingerprint density at radius 3 is 2.65 bits per heavy atom. The highest BCUT2D eigenvalue weighted by atomic mass is 19.1. The Kier molecular flexibility index (Phi) is 2.53. The Morgan fingerprint density at radius 2 is 2.12 bits per heavy atom. The maximum absolute atomic E-state index is 13.6. The van der Waals surface area contributed by atoms with Gasteiger partial charge in [-0.25, -0.2) is 9.18 Å². The number of carboxylic acids is 1. The lowest BCUT2D eigenvalue weighted by molar-refractivity contribution is 0.0698. The van der Waals surface area contributed by atoms with Gasteiger partial charge >= 0.3 is 5.97 Å². The quantitative estimate of drug-likeness (QED) is 0.872. The molecule has 2 aromatic rings. The van der Waals surface area contributed by atoms with Crippen LogP contribution in [0.1, 0.15) is 16.1 Å². The van der Waals surface area contributed by atoms with Crippen molar-refractivity contribution < 1.29 is 19.0 Å². The summed E-state index contributed by atoms with van der Waals surface area (Å²) in [5, 5.41) is 9.51. The van der Waals surface area contributed by atoms with Crippen LogP contribution in [0.3, 0.4) is 0 Å². The molecular weight excluding hydrogens is 225 g/mol. The number of hydrogen-bond donors (Lipinski definition) is 1. The zero-order chi connectivity index (χ0) is 12.7. The molecular formula is C12H12FNO3. The number of benzene rings is 1. The molecule has 0 aliphatic rings. The van der Waals surface area contributed by atoms with Gasteiger partial charge in [-0.15, -0.1) is 0 Å². The number of nitrogens with zero attached hydrogens (tertiary/aromatic N) is 1. The van der Waals surface area contributed by atoms with Gasteiger partial charge in [0.15, 0.2) is 11.6 Å². The third-order valence-corrected chi connectivity index (χ3v) is 2.98. The zero-order valence-electron chi connectivity index (χ0n) is 9.74. The van der Waals surface area contributed by atoms with E-state index in [1.807, 2.05) is 0 Å². The van der Waals surface area contributed by atoms with Crippen molar-refractivity contribution in [2.45, 2.75) is 6.92 Å². The van der Waals surface area contributed by atoms with E-state index in [2.05, 4.69) is 0 Å². The van der Waals surface area contributed by atoms with Crippen LogP contribution in [-0.2, 0) is 7.05 Å². The van der Waals surface area contributed by atoms with Gasteiger partial charge in [0.25, 0.3) is 0 Å². The summed E-state index contributed by atoms with van der Waals surface area (Å²) in [5.74, 6) is -1.51. The predicted octanol–water partition coefficient (Wildman–Crippen LogP) is 2.33. The molecule has 0 unspecified atom stereocenters. The molecule has 0 aliphatic carbocycles. The van der Waals surface area contributed by atoms with Gasteiger partial charge in [0, 0.05) is 24.2 Å². The molecule has 4 nitrogen and oxygen atoms in total. The number of carboxylic acid groups (broad SMARTS) is 1. The molecule has 0 amide bonds. The van der Waals surface area contributed by atoms with Crippen molar-refractivity contribution in [1.29, 1.82) is 0 Å². The van der Waals surface area contributed by atoms with E-state index < -0.39 is 11.8 Å². The predicted molar refractivity (Wildman–Crippen MR) is 61.1 cm³/mol. The van der Waals surface area contributed by atoms with Gasteiger partial charge in [-0.2, -0.15) is 0 Å². The average Bonchev–Trinajstić information content (AvgIpc) is 2.50. The molecule has 90 valence electrons. The Morgan fingerprint density at radius 1 is 1.47 bits per heavy atom. The molecule has 5 heteroatoms. The van der Waals surface area contributed by atoms with Gasteiger partial charge in [0.2, 0.25) is 0 Å². The van der Waals surface area contributed by atoms with Crippen LogP contribution in [0.4, 0.5) is 4.39 Å². The van der Waals surface area contributed by atoms with Crippen LogP contribution >= 0.6 is 0 Å². The Balaban J connectivity index is 2.91. The molecule has 1 aromatic carbocycles. The van der Waals surface area contributed by atoms with Gasteiger partial charge < -0.3 is 14.4 Å². The zero-order valence-corrected chi connectivity index (χ0v) is 9.74. The van der Waals surface area contributed by atoms with Crippen LogP contribution in [0.15, 0.2) is 12.1 Å². The molecule has 0 saturated carbocycles. The van der Waals surface area contributed by atoms with Crippen LogP contribution in [0.25, 0.3) is 10.9 Å². The van der Waals surface area contributed by atoms with Crippen molar-refractivity contribution in [1.82, 2.24) is 4.57 Å². The number of aromatic nitrogens is 1. The van der Waals surface area contributed by atoms with E-state index in [0.29, 0.717) is 16.6 Å². The van der Waals surface area contributed by atoms with Crippen molar-refractivity contribution in [2.24, 2.45) is 7.05 Å². The number of hydrogen-bond acceptors (Lipinski definition) is 2. The summed E-state index contributed by atoms with van der Waals surface area (Å²) in [5.41, 5.74) is 1.35. The summed E-state index contributed by atoms with van der Waals surface area (Å²) >= 11 is 0. The monoisotopic (exact) mass is 237 g/mol. The maximum Gasteiger partial charge on any atom is 0.338 e. The topological polar surface area (TPSA) is 51.5 Å². The van der Waals surface area contributed by atoms with Crippen LogP contribution in [0.2, 0.25) is 0 Å². The molecule has 0 radical (unpaired) electrons. The molecule has 0 saturated heterocycles. The first-order valence-corrected chi connectivity index (χ1v) is 5.03. The minimum atomic E-state index is -1.06. The van der Waals surface area contributed by atoms with Gasteiger partial charge in [0.1, 0.15) is 0 Å². The van der Waals surface area contributed by atoms with E-state index >= 15 is 0 Å². The van der Waals surface area contributed by atoms with Gasteiger partial charge in [-0.1, -0.05) is 0 Å². The first kappa shape index (κ1) is 11.4. The van der Waals surface area contributed by atoms with Gasteiger partial charge in [-0.05, 0) is 13.0 Å². The SMILES string of the molecule is COc1cc2c(cc1F)c(C(=O)O)c(C)n2C. The molecule has 0 atom stereocenters. The molecule has 0 fully saturated rings. The highest BCUT2D eigenvalue weighted by Crippen LogP contribution is 2.30. The summed E-state index contributed by atoms with van der Waals surface area (Å²) in [6.45, 7) is 1.69. The lowest BCUT2D eigenvalue weighted by Gasteiger charge is -2.03. The second kappa shape index (κ2) is 3.76. The van der Waals surface area contributed by atoms with Gasteiger partial charge in [-0.3, -0.25) is 0 Å². The fourth-order valence-electron chi connectivity index (χ4n) is 1.99. The van der Waals surface area contributed by atoms with Crippen LogP contribution in [-0.4, -0.2) is 22.8 Å². The van der Waals surface area contributed by atoms with E-state index in [0.717, 1.165) is 0 Å². The molecule has 0 bridgehead atoms. The number of fused-ring (bicyclic) bond motifs is 1. The molecule has 0 aliphatic heterocycles. The van der Waals surface area contributed by atoms with Gasteiger partial charge in [0.05, 0.1) is 18.2 Å². The maximum atomic E-state index is 13.6. The normalized spacial score (nSPS) is 10.8. The highest BCUT2D eigenvalue weighted by Gasteiger charge is 2.19. The van der Waals surface area contributed by atoms with Crippen molar-refractivity contribution in [2.75, 3.05) is 7.11 Å². The third-order valence-electron chi connectivity index (χ3n) is 2.98. The number of methoxy groups -OCH3 is 1. The lowest BCUT2D eigenvalue weighted by Crippen LogP contribution is -1.99. The Bertz CT molecular complexity index is 616. The van der Waals surface area contributed by atoms with E-state index in [4.69, 9.17) is 9.84 Å². The molecule has 1 aromatic heterocycles. The van der Waals surface area contributed by atoms with Crippen molar-refractivity contribution in [3.05, 3.63) is 29.2 Å². The Labute approximate surface area is 97.2 Å². The van der Waals surface area contributed by atoms with Crippen molar-refractivity contribution in [3.8, 4) is 5.75 Å². The fourth-order valence-corrected chi connectivity index (χ4v) is 1.99. The summed E-state index contributed by atoms with van der Waals surface area (Å²) in [6, 6.07) is 2.70. The largest absolute Gasteiger partial charge is 0.494 e. The summed E-state index contributed by atoms with van der Waals surface area (Å²) < 4.78 is 20.2. The second-order valence-electron chi connectivity index (χ2n) is 3.83. The van der Waals surface area contributed by atoms with Crippen LogP contribution in [0.5, 0.6) is 5.75 Å². The molecule has 17 heavy (non-hydrogen) atoms. The number of carbonyl (C=O) groups is 1. The molecule has 0 spiro atoms. The molecule has 1 N–H and O–H groups in total. The number of halogens is 1. The van der Waals surface area contributed by atoms with E-state index in [-0.39, 0.29) is 11.3 Å². The number of rotatable bonds is 2. The fraction of sp³-hybridized carbons (Fsp3) is 0.250. The van der Waals surface area contributed by atoms with Crippen molar-refractivity contribution >= 4 is 16.9 Å². The minimum absolute atomic E-state index is 0.107. The van der Waals surface area contributed by atoms with Crippen LogP contribution < -0.4 is 4.74 Å². The van der Waals surface area contributed by atoms with Crippen LogP contribution in [0, 0.1) is 12.7 Å². The first-order valence-electron chi connectivity index (χ1n) is 5.03. The van der Waals surface area contributed by atoms with E-state index in [1.165, 1.54) is 19.2 Å². The van der Waals surface area contributed by atoms with E-state index in [1.54, 1.807) is 18.5 Å². The van der Waals surface area contributed by atoms with Crippen molar-refractivity contribution in [3.63, 3.8) is 0 Å². The highest BCUT2D eigenvalue weighted by molar-refractivity contribution is 6.05. The average molecular weight is 237 g/mol. The minimum Gasteiger partial charge on any atom is -0.494 e. The number of aromatic carboxylic acids is 1. The second-order valence-corrected chi connectivity index (χ2v) is 3.83. The Hall–Kier alpha value is -2.04. The summed E-state index contributed by atoms with van der Waals surface area (Å²) in [4.78, 5) is 11.1. The number of ether oxygens (including phenoxy) is 1.